The average Bonchev–Trinajstić information content (AvgIpc) is 2.81. The first-order chi connectivity index (χ1) is 15.4. The molecule has 0 spiro atoms. The zero-order valence-electron chi connectivity index (χ0n) is 19.0. The summed E-state index contributed by atoms with van der Waals surface area (Å²) in [6.45, 7) is 7.82. The van der Waals surface area contributed by atoms with Gasteiger partial charge < -0.3 is 19.5 Å². The first-order valence-electron chi connectivity index (χ1n) is 11.4. The predicted octanol–water partition coefficient (Wildman–Crippen LogP) is 4.04. The van der Waals surface area contributed by atoms with Crippen molar-refractivity contribution in [1.29, 1.82) is 0 Å². The monoisotopic (exact) mass is 437 g/mol. The zero-order chi connectivity index (χ0) is 22.3. The minimum Gasteiger partial charge on any atom is -0.493 e. The van der Waals surface area contributed by atoms with Gasteiger partial charge >= 0.3 is 6.09 Å². The summed E-state index contributed by atoms with van der Waals surface area (Å²) in [4.78, 5) is 19.5. The number of hydrogen-bond acceptors (Lipinski definition) is 6. The van der Waals surface area contributed by atoms with Gasteiger partial charge in [-0.05, 0) is 55.1 Å². The number of pyridine rings is 1. The van der Waals surface area contributed by atoms with E-state index >= 15 is 0 Å². The number of hydrogen-bond donors (Lipinski definition) is 1. The molecule has 1 amide bonds. The van der Waals surface area contributed by atoms with Gasteiger partial charge in [0.2, 0.25) is 5.88 Å². The largest absolute Gasteiger partial charge is 0.493 e. The predicted molar refractivity (Wildman–Crippen MR) is 121 cm³/mol. The summed E-state index contributed by atoms with van der Waals surface area (Å²) in [5.74, 6) is 1.84. The van der Waals surface area contributed by atoms with E-state index in [1.54, 1.807) is 13.3 Å². The van der Waals surface area contributed by atoms with Crippen molar-refractivity contribution in [3.8, 4) is 22.8 Å². The van der Waals surface area contributed by atoms with Gasteiger partial charge in [-0.1, -0.05) is 26.0 Å². The van der Waals surface area contributed by atoms with Crippen LogP contribution < -0.4 is 14.8 Å². The third kappa shape index (κ3) is 4.01. The molecule has 2 atom stereocenters. The molecule has 1 aromatic heterocycles. The normalized spacial score (nSPS) is 27.7. The Labute approximate surface area is 189 Å². The smallest absolute Gasteiger partial charge is 0.407 e. The molecule has 4 aliphatic rings. The first-order valence-corrected chi connectivity index (χ1v) is 11.4. The van der Waals surface area contributed by atoms with Crippen LogP contribution in [0.3, 0.4) is 0 Å². The Morgan fingerprint density at radius 2 is 1.97 bits per heavy atom. The Morgan fingerprint density at radius 3 is 2.69 bits per heavy atom. The number of nitrogens with one attached hydrogen (secondary N) is 1. The molecule has 2 aromatic rings. The van der Waals surface area contributed by atoms with E-state index in [9.17, 15) is 4.79 Å². The molecule has 6 rings (SSSR count). The van der Waals surface area contributed by atoms with Gasteiger partial charge in [-0.25, -0.2) is 9.78 Å². The van der Waals surface area contributed by atoms with Crippen LogP contribution in [-0.2, 0) is 4.74 Å². The molecule has 3 fully saturated rings. The minimum atomic E-state index is -0.336. The fraction of sp³-hybridized carbons (Fsp3) is 0.520. The van der Waals surface area contributed by atoms with Gasteiger partial charge in [0.25, 0.3) is 0 Å². The Balaban J connectivity index is 1.35. The summed E-state index contributed by atoms with van der Waals surface area (Å²) < 4.78 is 17.3. The molecule has 32 heavy (non-hydrogen) atoms. The highest BCUT2D eigenvalue weighted by molar-refractivity contribution is 5.70. The van der Waals surface area contributed by atoms with E-state index in [2.05, 4.69) is 29.0 Å². The van der Waals surface area contributed by atoms with Crippen molar-refractivity contribution >= 4 is 6.09 Å². The standard InChI is InChI=1S/C25H31N3O4/c1-25(2)15-31-20-12-17(18-6-9-26-22(13-18)30-3)4-5-19(20)23(25)27-24(29)32-21-14-28-10-7-16(21)8-11-28/h4-6,9,12-13,16,21,23H,7-8,10-11,14-15H2,1-3H3,(H,27,29)/t21-,23?/m0/s1. The molecule has 170 valence electrons. The molecule has 4 aliphatic heterocycles. The number of rotatable bonds is 4. The molecular weight excluding hydrogens is 406 g/mol. The summed E-state index contributed by atoms with van der Waals surface area (Å²) in [7, 11) is 1.61. The molecule has 3 saturated heterocycles. The second-order valence-corrected chi connectivity index (χ2v) is 9.78. The van der Waals surface area contributed by atoms with Crippen molar-refractivity contribution < 1.29 is 19.0 Å². The van der Waals surface area contributed by atoms with Crippen LogP contribution in [0, 0.1) is 11.3 Å². The third-order valence-electron chi connectivity index (χ3n) is 7.10. The van der Waals surface area contributed by atoms with Gasteiger partial charge in [-0.2, -0.15) is 0 Å². The van der Waals surface area contributed by atoms with E-state index in [1.165, 1.54) is 0 Å². The zero-order valence-corrected chi connectivity index (χ0v) is 19.0. The number of carbonyl (C=O) groups is 1. The van der Waals surface area contributed by atoms with Crippen LogP contribution in [0.5, 0.6) is 11.6 Å². The highest BCUT2D eigenvalue weighted by Crippen LogP contribution is 2.44. The number of methoxy groups -OCH3 is 1. The van der Waals surface area contributed by atoms with Crippen LogP contribution >= 0.6 is 0 Å². The summed E-state index contributed by atoms with van der Waals surface area (Å²) in [5.41, 5.74) is 2.72. The highest BCUT2D eigenvalue weighted by Gasteiger charge is 2.41. The van der Waals surface area contributed by atoms with Crippen molar-refractivity contribution in [2.45, 2.75) is 38.8 Å². The number of amides is 1. The van der Waals surface area contributed by atoms with Gasteiger partial charge in [0, 0.05) is 29.8 Å². The Kier molecular flexibility index (Phi) is 5.45. The fourth-order valence-electron chi connectivity index (χ4n) is 5.15. The van der Waals surface area contributed by atoms with Crippen molar-refractivity contribution in [3.63, 3.8) is 0 Å². The summed E-state index contributed by atoms with van der Waals surface area (Å²) >= 11 is 0. The topological polar surface area (TPSA) is 72.9 Å². The Morgan fingerprint density at radius 1 is 1.19 bits per heavy atom. The van der Waals surface area contributed by atoms with Gasteiger partial charge in [0.15, 0.2) is 0 Å². The van der Waals surface area contributed by atoms with Crippen LogP contribution in [0.25, 0.3) is 11.1 Å². The number of piperidine rings is 3. The van der Waals surface area contributed by atoms with Gasteiger partial charge in [-0.15, -0.1) is 0 Å². The maximum absolute atomic E-state index is 12.9. The summed E-state index contributed by atoms with van der Waals surface area (Å²) in [6, 6.07) is 9.75. The van der Waals surface area contributed by atoms with Gasteiger partial charge in [0.05, 0.1) is 19.8 Å². The maximum Gasteiger partial charge on any atom is 0.407 e. The molecule has 5 heterocycles. The third-order valence-corrected chi connectivity index (χ3v) is 7.10. The van der Waals surface area contributed by atoms with E-state index < -0.39 is 0 Å². The average molecular weight is 438 g/mol. The molecule has 0 radical (unpaired) electrons. The van der Waals surface area contributed by atoms with Crippen molar-refractivity contribution in [3.05, 3.63) is 42.1 Å². The second kappa shape index (κ2) is 8.28. The molecule has 7 heteroatoms. The van der Waals surface area contributed by atoms with E-state index in [-0.39, 0.29) is 23.7 Å². The Hall–Kier alpha value is -2.80. The number of carbonyl (C=O) groups excluding carboxylic acids is 1. The van der Waals surface area contributed by atoms with Crippen molar-refractivity contribution in [1.82, 2.24) is 15.2 Å². The lowest BCUT2D eigenvalue weighted by Crippen LogP contribution is -2.53. The number of benzene rings is 1. The molecule has 2 bridgehead atoms. The van der Waals surface area contributed by atoms with Crippen LogP contribution in [0.2, 0.25) is 0 Å². The lowest BCUT2D eigenvalue weighted by atomic mass is 9.78. The van der Waals surface area contributed by atoms with Crippen LogP contribution in [0.4, 0.5) is 4.79 Å². The van der Waals surface area contributed by atoms with E-state index in [1.807, 2.05) is 30.3 Å². The van der Waals surface area contributed by atoms with Crippen LogP contribution in [0.15, 0.2) is 36.5 Å². The van der Waals surface area contributed by atoms with Crippen LogP contribution in [-0.4, -0.2) is 55.4 Å². The number of alkyl carbamates (subject to hydrolysis) is 1. The Bertz CT molecular complexity index is 1000. The van der Waals surface area contributed by atoms with Gasteiger partial charge in [0.1, 0.15) is 11.9 Å². The minimum absolute atomic E-state index is 0.0102. The fourth-order valence-corrected chi connectivity index (χ4v) is 5.15. The number of fused-ring (bicyclic) bond motifs is 4. The van der Waals surface area contributed by atoms with E-state index in [4.69, 9.17) is 14.2 Å². The molecule has 7 nitrogen and oxygen atoms in total. The molecule has 0 aliphatic carbocycles. The SMILES string of the molecule is COc1cc(-c2ccc3c(c2)OCC(C)(C)C3NC(=O)O[C@H]2CN3CCC2CC3)ccn1. The molecular formula is C25H31N3O4. The maximum atomic E-state index is 12.9. The van der Waals surface area contributed by atoms with E-state index in [0.29, 0.717) is 18.4 Å². The van der Waals surface area contributed by atoms with Crippen LogP contribution in [0.1, 0.15) is 38.3 Å². The lowest BCUT2D eigenvalue weighted by molar-refractivity contribution is -0.0361. The molecule has 1 aromatic carbocycles. The summed E-state index contributed by atoms with van der Waals surface area (Å²) in [6.07, 6.45) is 3.62. The quantitative estimate of drug-likeness (QED) is 0.778. The second-order valence-electron chi connectivity index (χ2n) is 9.78. The molecule has 1 N–H and O–H groups in total. The van der Waals surface area contributed by atoms with Crippen molar-refractivity contribution in [2.75, 3.05) is 33.4 Å². The number of ether oxygens (including phenoxy) is 3. The number of nitrogens with zero attached hydrogens (tertiary/aromatic N) is 2. The summed E-state index contributed by atoms with van der Waals surface area (Å²) in [5, 5.41) is 3.16. The number of aromatic nitrogens is 1. The molecule has 1 unspecified atom stereocenters. The van der Waals surface area contributed by atoms with Crippen molar-refractivity contribution in [2.24, 2.45) is 11.3 Å². The highest BCUT2D eigenvalue weighted by atomic mass is 16.6. The van der Waals surface area contributed by atoms with Gasteiger partial charge in [-0.3, -0.25) is 4.90 Å². The lowest BCUT2D eigenvalue weighted by Gasteiger charge is -2.44. The first kappa shape index (κ1) is 21.1. The van der Waals surface area contributed by atoms with E-state index in [0.717, 1.165) is 54.9 Å². The molecule has 0 saturated carbocycles.